The summed E-state index contributed by atoms with van der Waals surface area (Å²) in [7, 11) is 0. The van der Waals surface area contributed by atoms with Crippen LogP contribution in [0.25, 0.3) is 0 Å². The van der Waals surface area contributed by atoms with Crippen molar-refractivity contribution in [2.75, 3.05) is 42.5 Å². The van der Waals surface area contributed by atoms with Crippen molar-refractivity contribution in [3.63, 3.8) is 0 Å². The van der Waals surface area contributed by atoms with E-state index in [1.807, 2.05) is 41.4 Å². The van der Waals surface area contributed by atoms with Crippen molar-refractivity contribution in [3.05, 3.63) is 53.7 Å². The molecule has 0 spiro atoms. The molecule has 0 unspecified atom stereocenters. The molecule has 6 nitrogen and oxygen atoms in total. The number of benzene rings is 1. The minimum absolute atomic E-state index is 0.0744. The van der Waals surface area contributed by atoms with Gasteiger partial charge in [-0.25, -0.2) is 4.98 Å². The number of carbonyl (C=O) groups excluding carboxylic acids is 1. The van der Waals surface area contributed by atoms with Crippen LogP contribution in [0, 0.1) is 0 Å². The minimum Gasteiger partial charge on any atom is -0.387 e. The molecule has 28 heavy (non-hydrogen) atoms. The number of aliphatic hydroxyl groups excluding tert-OH is 1. The monoisotopic (exact) mass is 380 g/mol. The average molecular weight is 380 g/mol. The van der Waals surface area contributed by atoms with Gasteiger partial charge in [0.25, 0.3) is 0 Å². The van der Waals surface area contributed by atoms with Gasteiger partial charge in [0.1, 0.15) is 5.82 Å². The van der Waals surface area contributed by atoms with Crippen molar-refractivity contribution in [2.24, 2.45) is 0 Å². The molecule has 0 aliphatic carbocycles. The Morgan fingerprint density at radius 1 is 1.21 bits per heavy atom. The Hall–Kier alpha value is -2.44. The van der Waals surface area contributed by atoms with Gasteiger partial charge < -0.3 is 14.9 Å². The third kappa shape index (κ3) is 3.75. The van der Waals surface area contributed by atoms with Crippen molar-refractivity contribution in [1.29, 1.82) is 0 Å². The largest absolute Gasteiger partial charge is 0.387 e. The molecule has 6 heteroatoms. The summed E-state index contributed by atoms with van der Waals surface area (Å²) in [5.41, 5.74) is 3.07. The second-order valence-corrected chi connectivity index (χ2v) is 7.82. The molecule has 4 rings (SSSR count). The van der Waals surface area contributed by atoms with Gasteiger partial charge in [-0.2, -0.15) is 0 Å². The van der Waals surface area contributed by atoms with E-state index in [0.717, 1.165) is 55.2 Å². The first-order valence-corrected chi connectivity index (χ1v) is 10.0. The first-order chi connectivity index (χ1) is 13.5. The SMILES string of the molecule is CC(=O)N1c2ccc([C@@H](O)CN3CCN(c4ccccn4)CC3)cc2C[C@H]1C. The van der Waals surface area contributed by atoms with Crippen LogP contribution in [-0.4, -0.2) is 59.7 Å². The Balaban J connectivity index is 1.37. The molecule has 0 bridgehead atoms. The molecule has 1 aromatic carbocycles. The Labute approximate surface area is 166 Å². The second-order valence-electron chi connectivity index (χ2n) is 7.82. The summed E-state index contributed by atoms with van der Waals surface area (Å²) in [6, 6.07) is 12.2. The number of nitrogens with zero attached hydrogens (tertiary/aromatic N) is 4. The zero-order valence-corrected chi connectivity index (χ0v) is 16.6. The smallest absolute Gasteiger partial charge is 0.224 e. The Morgan fingerprint density at radius 3 is 2.68 bits per heavy atom. The highest BCUT2D eigenvalue weighted by molar-refractivity contribution is 5.94. The number of aromatic nitrogens is 1. The first kappa shape index (κ1) is 18.9. The molecule has 148 valence electrons. The molecule has 0 radical (unpaired) electrons. The lowest BCUT2D eigenvalue weighted by Gasteiger charge is -2.36. The molecule has 1 amide bonds. The maximum Gasteiger partial charge on any atom is 0.224 e. The number of fused-ring (bicyclic) bond motifs is 1. The quantitative estimate of drug-likeness (QED) is 0.882. The number of hydrogen-bond acceptors (Lipinski definition) is 5. The van der Waals surface area contributed by atoms with E-state index < -0.39 is 6.10 Å². The predicted molar refractivity (Wildman–Crippen MR) is 111 cm³/mol. The standard InChI is InChI=1S/C22H28N4O2/c1-16-13-19-14-18(6-7-20(19)26(16)17(2)27)21(28)15-24-9-11-25(12-10-24)22-5-3-4-8-23-22/h3-8,14,16,21,28H,9-13,15H2,1-2H3/t16-,21+/m1/s1. The first-order valence-electron chi connectivity index (χ1n) is 10.0. The summed E-state index contributed by atoms with van der Waals surface area (Å²) >= 11 is 0. The number of piperazine rings is 1. The van der Waals surface area contributed by atoms with Crippen LogP contribution in [0.4, 0.5) is 11.5 Å². The fraction of sp³-hybridized carbons (Fsp3) is 0.455. The highest BCUT2D eigenvalue weighted by Gasteiger charge is 2.29. The fourth-order valence-corrected chi connectivity index (χ4v) is 4.39. The number of anilines is 2. The second kappa shape index (κ2) is 7.89. The fourth-order valence-electron chi connectivity index (χ4n) is 4.39. The summed E-state index contributed by atoms with van der Waals surface area (Å²) in [4.78, 5) is 22.8. The lowest BCUT2D eigenvalue weighted by Crippen LogP contribution is -2.47. The number of aliphatic hydroxyl groups is 1. The summed E-state index contributed by atoms with van der Waals surface area (Å²) in [6.45, 7) is 7.96. The molecule has 2 aliphatic heterocycles. The third-order valence-corrected chi connectivity index (χ3v) is 5.82. The topological polar surface area (TPSA) is 59.9 Å². The number of carbonyl (C=O) groups is 1. The maximum atomic E-state index is 11.9. The highest BCUT2D eigenvalue weighted by Crippen LogP contribution is 2.34. The molecule has 2 aliphatic rings. The van der Waals surface area contributed by atoms with E-state index in [1.165, 1.54) is 0 Å². The van der Waals surface area contributed by atoms with Gasteiger partial charge in [0, 0.05) is 57.6 Å². The number of β-amino-alcohol motifs (C(OH)–C–C–N with tert-alkyl or cyclic N) is 1. The summed E-state index contributed by atoms with van der Waals surface area (Å²) in [5.74, 6) is 1.09. The molecule has 1 aromatic heterocycles. The Bertz CT molecular complexity index is 834. The lowest BCUT2D eigenvalue weighted by atomic mass is 10.0. The number of pyridine rings is 1. The van der Waals surface area contributed by atoms with E-state index in [0.29, 0.717) is 6.54 Å². The lowest BCUT2D eigenvalue weighted by molar-refractivity contribution is -0.116. The van der Waals surface area contributed by atoms with E-state index in [1.54, 1.807) is 6.92 Å². The molecule has 1 saturated heterocycles. The van der Waals surface area contributed by atoms with Crippen LogP contribution >= 0.6 is 0 Å². The van der Waals surface area contributed by atoms with Crippen LogP contribution in [0.5, 0.6) is 0 Å². The summed E-state index contributed by atoms with van der Waals surface area (Å²) in [6.07, 6.45) is 2.15. The highest BCUT2D eigenvalue weighted by atomic mass is 16.3. The molecular formula is C22H28N4O2. The van der Waals surface area contributed by atoms with Gasteiger partial charge in [0.2, 0.25) is 5.91 Å². The van der Waals surface area contributed by atoms with E-state index in [4.69, 9.17) is 0 Å². The van der Waals surface area contributed by atoms with E-state index in [9.17, 15) is 9.90 Å². The van der Waals surface area contributed by atoms with Crippen molar-refractivity contribution in [1.82, 2.24) is 9.88 Å². The Morgan fingerprint density at radius 2 is 2.00 bits per heavy atom. The molecule has 1 fully saturated rings. The van der Waals surface area contributed by atoms with Gasteiger partial charge in [-0.05, 0) is 42.7 Å². The molecule has 3 heterocycles. The number of hydrogen-bond donors (Lipinski definition) is 1. The van der Waals surface area contributed by atoms with Gasteiger partial charge >= 0.3 is 0 Å². The van der Waals surface area contributed by atoms with Crippen LogP contribution < -0.4 is 9.80 Å². The van der Waals surface area contributed by atoms with Crippen LogP contribution in [0.3, 0.4) is 0 Å². The molecule has 2 atom stereocenters. The van der Waals surface area contributed by atoms with E-state index in [2.05, 4.69) is 27.8 Å². The van der Waals surface area contributed by atoms with Crippen LogP contribution in [0.2, 0.25) is 0 Å². The van der Waals surface area contributed by atoms with Gasteiger partial charge in [-0.15, -0.1) is 0 Å². The van der Waals surface area contributed by atoms with Gasteiger partial charge in [0.15, 0.2) is 0 Å². The van der Waals surface area contributed by atoms with Crippen LogP contribution in [0.15, 0.2) is 42.6 Å². The third-order valence-electron chi connectivity index (χ3n) is 5.82. The van der Waals surface area contributed by atoms with Crippen LogP contribution in [-0.2, 0) is 11.2 Å². The molecule has 2 aromatic rings. The molecular weight excluding hydrogens is 352 g/mol. The summed E-state index contributed by atoms with van der Waals surface area (Å²) < 4.78 is 0. The predicted octanol–water partition coefficient (Wildman–Crippen LogP) is 2.23. The van der Waals surface area contributed by atoms with Crippen molar-refractivity contribution < 1.29 is 9.90 Å². The van der Waals surface area contributed by atoms with Gasteiger partial charge in [0.05, 0.1) is 6.10 Å². The number of amides is 1. The van der Waals surface area contributed by atoms with E-state index in [-0.39, 0.29) is 11.9 Å². The molecule has 0 saturated carbocycles. The zero-order valence-electron chi connectivity index (χ0n) is 16.6. The number of rotatable bonds is 4. The Kier molecular flexibility index (Phi) is 5.33. The van der Waals surface area contributed by atoms with E-state index >= 15 is 0 Å². The van der Waals surface area contributed by atoms with Crippen molar-refractivity contribution >= 4 is 17.4 Å². The van der Waals surface area contributed by atoms with Gasteiger partial charge in [-0.3, -0.25) is 9.69 Å². The van der Waals surface area contributed by atoms with Crippen molar-refractivity contribution in [3.8, 4) is 0 Å². The zero-order chi connectivity index (χ0) is 19.7. The summed E-state index contributed by atoms with van der Waals surface area (Å²) in [5, 5.41) is 10.8. The van der Waals surface area contributed by atoms with Crippen LogP contribution in [0.1, 0.15) is 31.1 Å². The minimum atomic E-state index is -0.520. The van der Waals surface area contributed by atoms with Gasteiger partial charge in [-0.1, -0.05) is 18.2 Å². The molecule has 1 N–H and O–H groups in total. The maximum absolute atomic E-state index is 11.9. The normalized spacial score (nSPS) is 20.9. The average Bonchev–Trinajstić information content (AvgIpc) is 3.04. The van der Waals surface area contributed by atoms with Crippen molar-refractivity contribution in [2.45, 2.75) is 32.4 Å².